The Bertz CT molecular complexity index is 1140. The number of rotatable bonds is 1. The smallest absolute Gasteiger partial charge is 0.229 e. The Morgan fingerprint density at radius 2 is 1.70 bits per heavy atom. The fourth-order valence-electron chi connectivity index (χ4n) is 3.35. The second-order valence-corrected chi connectivity index (χ2v) is 6.88. The molecule has 0 radical (unpaired) electrons. The monoisotopic (exact) mass is 396 g/mol. The molecule has 1 aliphatic carbocycles. The summed E-state index contributed by atoms with van der Waals surface area (Å²) in [6.07, 6.45) is 0. The normalized spacial score (nSPS) is 18.6. The van der Waals surface area contributed by atoms with E-state index in [4.69, 9.17) is 33.7 Å². The maximum atomic E-state index is 13.2. The van der Waals surface area contributed by atoms with Crippen LogP contribution in [0, 0.1) is 11.3 Å². The molecule has 0 aromatic heterocycles. The Kier molecular flexibility index (Phi) is 4.03. The lowest BCUT2D eigenvalue weighted by molar-refractivity contribution is 0.0897. The molecule has 0 spiro atoms. The second kappa shape index (κ2) is 6.27. The Labute approximate surface area is 164 Å². The number of hydrogen-bond donors (Lipinski definition) is 1. The maximum absolute atomic E-state index is 13.2. The van der Waals surface area contributed by atoms with Crippen LogP contribution in [-0.4, -0.2) is 11.6 Å². The van der Waals surface area contributed by atoms with Crippen LogP contribution < -0.4 is 5.73 Å². The number of benzene rings is 2. The van der Waals surface area contributed by atoms with Crippen LogP contribution >= 0.6 is 23.2 Å². The van der Waals surface area contributed by atoms with Crippen molar-refractivity contribution in [2.45, 2.75) is 5.92 Å². The van der Waals surface area contributed by atoms with Crippen molar-refractivity contribution >= 4 is 34.8 Å². The molecule has 1 atom stereocenters. The van der Waals surface area contributed by atoms with Gasteiger partial charge in [-0.05, 0) is 17.7 Å². The van der Waals surface area contributed by atoms with Crippen molar-refractivity contribution < 1.29 is 14.3 Å². The van der Waals surface area contributed by atoms with Crippen molar-refractivity contribution in [1.82, 2.24) is 0 Å². The predicted molar refractivity (Wildman–Crippen MR) is 99.2 cm³/mol. The molecule has 4 rings (SSSR count). The minimum atomic E-state index is -0.923. The molecule has 2 aliphatic rings. The van der Waals surface area contributed by atoms with E-state index in [0.717, 1.165) is 0 Å². The van der Waals surface area contributed by atoms with Crippen molar-refractivity contribution in [3.05, 3.63) is 92.0 Å². The third-order valence-corrected chi connectivity index (χ3v) is 5.12. The second-order valence-electron chi connectivity index (χ2n) is 6.04. The predicted octanol–water partition coefficient (Wildman–Crippen LogP) is 4.13. The van der Waals surface area contributed by atoms with E-state index < -0.39 is 17.5 Å². The SMILES string of the molecule is N#CC1=C(N)OC2=C(C(=O)c3ccccc3C2=O)[C@H]1c1ccc(Cl)cc1Cl. The lowest BCUT2D eigenvalue weighted by Crippen LogP contribution is -2.32. The van der Waals surface area contributed by atoms with Crippen LogP contribution in [-0.2, 0) is 4.74 Å². The molecule has 1 aliphatic heterocycles. The summed E-state index contributed by atoms with van der Waals surface area (Å²) in [6.45, 7) is 0. The number of hydrogen-bond acceptors (Lipinski definition) is 5. The number of nitrogens with two attached hydrogens (primary N) is 1. The number of ether oxygens (including phenoxy) is 1. The number of nitrogens with zero attached hydrogens (tertiary/aromatic N) is 1. The highest BCUT2D eigenvalue weighted by molar-refractivity contribution is 6.35. The number of nitriles is 1. The maximum Gasteiger partial charge on any atom is 0.229 e. The van der Waals surface area contributed by atoms with Crippen LogP contribution in [0.25, 0.3) is 0 Å². The van der Waals surface area contributed by atoms with Gasteiger partial charge < -0.3 is 10.5 Å². The van der Waals surface area contributed by atoms with E-state index >= 15 is 0 Å². The Balaban J connectivity index is 2.00. The van der Waals surface area contributed by atoms with E-state index in [1.807, 2.05) is 6.07 Å². The van der Waals surface area contributed by atoms with Crippen LogP contribution in [0.1, 0.15) is 32.2 Å². The van der Waals surface area contributed by atoms with Gasteiger partial charge in [-0.15, -0.1) is 0 Å². The highest BCUT2D eigenvalue weighted by Crippen LogP contribution is 2.46. The first-order valence-electron chi connectivity index (χ1n) is 7.89. The number of allylic oxidation sites excluding steroid dienone is 3. The molecule has 2 aromatic carbocycles. The van der Waals surface area contributed by atoms with Gasteiger partial charge in [0.1, 0.15) is 11.6 Å². The lowest BCUT2D eigenvalue weighted by Gasteiger charge is -2.31. The molecule has 0 saturated heterocycles. The zero-order chi connectivity index (χ0) is 19.3. The van der Waals surface area contributed by atoms with Crippen molar-refractivity contribution in [2.24, 2.45) is 5.73 Å². The molecule has 1 heterocycles. The fraction of sp³-hybridized carbons (Fsp3) is 0.0500. The summed E-state index contributed by atoms with van der Waals surface area (Å²) >= 11 is 12.3. The summed E-state index contributed by atoms with van der Waals surface area (Å²) in [5, 5.41) is 10.3. The fourth-order valence-corrected chi connectivity index (χ4v) is 3.87. The summed E-state index contributed by atoms with van der Waals surface area (Å²) in [4.78, 5) is 26.1. The van der Waals surface area contributed by atoms with E-state index in [1.165, 1.54) is 6.07 Å². The third-order valence-electron chi connectivity index (χ3n) is 4.56. The number of Topliss-reactive ketones (excluding diaryl/α,β-unsaturated/α-hetero) is 2. The standard InChI is InChI=1S/C20H10Cl2N2O3/c21-9-5-6-12(14(22)7-9)15-13(8-23)20(24)27-19-16(15)17(25)10-3-1-2-4-11(10)18(19)26/h1-7,15H,24H2/t15-/m0/s1. The van der Waals surface area contributed by atoms with Gasteiger partial charge in [-0.1, -0.05) is 53.5 Å². The first-order valence-corrected chi connectivity index (χ1v) is 8.64. The Morgan fingerprint density at radius 3 is 2.33 bits per heavy atom. The van der Waals surface area contributed by atoms with Crippen LogP contribution in [0.15, 0.2) is 65.3 Å². The van der Waals surface area contributed by atoms with E-state index in [2.05, 4.69) is 0 Å². The summed E-state index contributed by atoms with van der Waals surface area (Å²) in [6, 6.07) is 13.1. The molecule has 0 amide bonds. The summed E-state index contributed by atoms with van der Waals surface area (Å²) in [5.74, 6) is -2.20. The van der Waals surface area contributed by atoms with Crippen molar-refractivity contribution in [1.29, 1.82) is 5.26 Å². The molecule has 132 valence electrons. The highest BCUT2D eigenvalue weighted by atomic mass is 35.5. The van der Waals surface area contributed by atoms with Crippen molar-refractivity contribution in [2.75, 3.05) is 0 Å². The minimum Gasteiger partial charge on any atom is -0.436 e. The average Bonchev–Trinajstić information content (AvgIpc) is 2.65. The molecule has 0 fully saturated rings. The molecule has 2 N–H and O–H groups in total. The van der Waals surface area contributed by atoms with Gasteiger partial charge in [0.15, 0.2) is 11.5 Å². The first-order chi connectivity index (χ1) is 12.9. The number of fused-ring (bicyclic) bond motifs is 1. The van der Waals surface area contributed by atoms with Gasteiger partial charge in [0.25, 0.3) is 0 Å². The first kappa shape index (κ1) is 17.3. The topological polar surface area (TPSA) is 93.2 Å². The quantitative estimate of drug-likeness (QED) is 0.781. The number of carbonyl (C=O) groups excluding carboxylic acids is 2. The molecule has 0 unspecified atom stereocenters. The van der Waals surface area contributed by atoms with Gasteiger partial charge in [-0.3, -0.25) is 9.59 Å². The van der Waals surface area contributed by atoms with Crippen LogP contribution in [0.5, 0.6) is 0 Å². The van der Waals surface area contributed by atoms with Crippen molar-refractivity contribution in [3.63, 3.8) is 0 Å². The zero-order valence-corrected chi connectivity index (χ0v) is 15.1. The lowest BCUT2D eigenvalue weighted by atomic mass is 9.75. The van der Waals surface area contributed by atoms with Crippen molar-refractivity contribution in [3.8, 4) is 6.07 Å². The van der Waals surface area contributed by atoms with Gasteiger partial charge in [0, 0.05) is 21.2 Å². The zero-order valence-electron chi connectivity index (χ0n) is 13.6. The number of carbonyl (C=O) groups is 2. The van der Waals surface area contributed by atoms with E-state index in [9.17, 15) is 14.9 Å². The number of ketones is 2. The van der Waals surface area contributed by atoms with Gasteiger partial charge in [0.05, 0.1) is 11.5 Å². The van der Waals surface area contributed by atoms with Crippen LogP contribution in [0.3, 0.4) is 0 Å². The molecule has 27 heavy (non-hydrogen) atoms. The van der Waals surface area contributed by atoms with E-state index in [0.29, 0.717) is 10.6 Å². The van der Waals surface area contributed by atoms with E-state index in [1.54, 1.807) is 36.4 Å². The third kappa shape index (κ3) is 2.54. The largest absolute Gasteiger partial charge is 0.436 e. The van der Waals surface area contributed by atoms with Gasteiger partial charge in [0.2, 0.25) is 11.7 Å². The Morgan fingerprint density at radius 1 is 1.04 bits per heavy atom. The van der Waals surface area contributed by atoms with Crippen LogP contribution in [0.4, 0.5) is 0 Å². The summed E-state index contributed by atoms with van der Waals surface area (Å²) < 4.78 is 5.42. The molecule has 0 saturated carbocycles. The summed E-state index contributed by atoms with van der Waals surface area (Å²) in [7, 11) is 0. The van der Waals surface area contributed by atoms with Gasteiger partial charge in [-0.25, -0.2) is 0 Å². The molecular weight excluding hydrogens is 387 g/mol. The molecule has 7 heteroatoms. The highest BCUT2D eigenvalue weighted by Gasteiger charge is 2.44. The van der Waals surface area contributed by atoms with E-state index in [-0.39, 0.29) is 38.9 Å². The Hall–Kier alpha value is -3.07. The van der Waals surface area contributed by atoms with Gasteiger partial charge in [-0.2, -0.15) is 5.26 Å². The molecular formula is C20H10Cl2N2O3. The minimum absolute atomic E-state index is 0.0125. The summed E-state index contributed by atoms with van der Waals surface area (Å²) in [5.41, 5.74) is 6.88. The number of halogens is 2. The molecule has 0 bridgehead atoms. The van der Waals surface area contributed by atoms with Crippen LogP contribution in [0.2, 0.25) is 10.0 Å². The molecule has 2 aromatic rings. The van der Waals surface area contributed by atoms with Gasteiger partial charge >= 0.3 is 0 Å². The molecule has 5 nitrogen and oxygen atoms in total. The average molecular weight is 397 g/mol.